The molecule has 10 heteroatoms. The molecule has 27 heavy (non-hydrogen) atoms. The average Bonchev–Trinajstić information content (AvgIpc) is 2.98. The Morgan fingerprint density at radius 3 is 2.59 bits per heavy atom. The van der Waals surface area contributed by atoms with E-state index in [4.69, 9.17) is 0 Å². The van der Waals surface area contributed by atoms with Crippen LogP contribution in [0.5, 0.6) is 0 Å². The number of hydrogen-bond donors (Lipinski definition) is 1. The van der Waals surface area contributed by atoms with Crippen LogP contribution in [0, 0.1) is 0 Å². The monoisotopic (exact) mass is 395 g/mol. The summed E-state index contributed by atoms with van der Waals surface area (Å²) in [4.78, 5) is 25.8. The van der Waals surface area contributed by atoms with E-state index in [0.717, 1.165) is 0 Å². The maximum absolute atomic E-state index is 13.3. The van der Waals surface area contributed by atoms with E-state index in [9.17, 15) is 18.0 Å². The van der Waals surface area contributed by atoms with Gasteiger partial charge in [-0.25, -0.2) is 13.2 Å². The minimum atomic E-state index is -3.75. The summed E-state index contributed by atoms with van der Waals surface area (Å²) in [5.74, 6) is 0. The quantitative estimate of drug-likeness (QED) is 0.818. The van der Waals surface area contributed by atoms with E-state index < -0.39 is 26.7 Å². The molecule has 1 unspecified atom stereocenters. The minimum absolute atomic E-state index is 0.173. The molecule has 2 aromatic rings. The van der Waals surface area contributed by atoms with E-state index in [0.29, 0.717) is 25.1 Å². The lowest BCUT2D eigenvalue weighted by molar-refractivity contribution is 0.260. The van der Waals surface area contributed by atoms with E-state index in [1.165, 1.54) is 32.0 Å². The molecule has 0 amide bonds. The number of rotatable bonds is 3. The first-order chi connectivity index (χ1) is 12.5. The van der Waals surface area contributed by atoms with E-state index in [1.807, 2.05) is 20.8 Å². The van der Waals surface area contributed by atoms with Gasteiger partial charge >= 0.3 is 5.69 Å². The molecule has 0 aromatic carbocycles. The molecule has 9 nitrogen and oxygen atoms in total. The highest BCUT2D eigenvalue weighted by atomic mass is 32.2. The summed E-state index contributed by atoms with van der Waals surface area (Å²) in [6, 6.07) is 0.945. The third kappa shape index (κ3) is 3.77. The first-order valence-corrected chi connectivity index (χ1v) is 10.3. The van der Waals surface area contributed by atoms with Crippen LogP contribution in [-0.2, 0) is 22.5 Å². The highest BCUT2D eigenvalue weighted by Gasteiger charge is 2.36. The molecule has 148 valence electrons. The Hall–Kier alpha value is -2.20. The second-order valence-electron chi connectivity index (χ2n) is 7.94. The Bertz CT molecular complexity index is 1060. The van der Waals surface area contributed by atoms with Crippen LogP contribution in [-0.4, -0.2) is 45.1 Å². The second-order valence-corrected chi connectivity index (χ2v) is 9.85. The molecule has 1 fully saturated rings. The average molecular weight is 395 g/mol. The predicted octanol–water partition coefficient (Wildman–Crippen LogP) is 0.593. The lowest BCUT2D eigenvalue weighted by atomic mass is 9.92. The molecule has 1 aliphatic rings. The van der Waals surface area contributed by atoms with Crippen molar-refractivity contribution < 1.29 is 8.42 Å². The van der Waals surface area contributed by atoms with Crippen molar-refractivity contribution in [3.05, 3.63) is 45.0 Å². The van der Waals surface area contributed by atoms with Crippen LogP contribution in [0.2, 0.25) is 0 Å². The summed E-state index contributed by atoms with van der Waals surface area (Å²) >= 11 is 0. The van der Waals surface area contributed by atoms with Crippen LogP contribution in [0.4, 0.5) is 0 Å². The third-order valence-corrected chi connectivity index (χ3v) is 6.59. The summed E-state index contributed by atoms with van der Waals surface area (Å²) in [7, 11) is -2.05. The van der Waals surface area contributed by atoms with Gasteiger partial charge in [-0.05, 0) is 12.8 Å². The number of nitrogens with one attached hydrogen (secondary N) is 1. The highest BCUT2D eigenvalue weighted by molar-refractivity contribution is 7.89. The predicted molar refractivity (Wildman–Crippen MR) is 100 cm³/mol. The largest absolute Gasteiger partial charge is 0.328 e. The Kier molecular flexibility index (Phi) is 4.89. The minimum Gasteiger partial charge on any atom is -0.296 e. The van der Waals surface area contributed by atoms with Gasteiger partial charge in [0, 0.05) is 44.0 Å². The fraction of sp³-hybridized carbons (Fsp3) is 0.588. The molecule has 0 bridgehead atoms. The van der Waals surface area contributed by atoms with E-state index in [1.54, 1.807) is 7.05 Å². The summed E-state index contributed by atoms with van der Waals surface area (Å²) in [5.41, 5.74) is -0.895. The summed E-state index contributed by atoms with van der Waals surface area (Å²) in [6.45, 7) is 6.33. The molecule has 0 aliphatic carbocycles. The van der Waals surface area contributed by atoms with E-state index in [-0.39, 0.29) is 17.5 Å². The van der Waals surface area contributed by atoms with Gasteiger partial charge in [0.25, 0.3) is 5.56 Å². The molecule has 1 atom stereocenters. The zero-order valence-corrected chi connectivity index (χ0v) is 16.8. The fourth-order valence-corrected chi connectivity index (χ4v) is 5.29. The summed E-state index contributed by atoms with van der Waals surface area (Å²) in [5, 5.41) is 4.36. The zero-order valence-electron chi connectivity index (χ0n) is 16.0. The molecule has 2 aromatic heterocycles. The number of H-pyrrole nitrogens is 1. The number of sulfonamides is 1. The van der Waals surface area contributed by atoms with Gasteiger partial charge in [0.05, 0.1) is 11.7 Å². The molecule has 3 rings (SSSR count). The van der Waals surface area contributed by atoms with Crippen LogP contribution in [0.25, 0.3) is 0 Å². The maximum Gasteiger partial charge on any atom is 0.328 e. The number of aromatic amines is 1. The molecular formula is C17H25N5O4S. The van der Waals surface area contributed by atoms with Gasteiger partial charge in [0.2, 0.25) is 10.0 Å². The van der Waals surface area contributed by atoms with Crippen LogP contribution in [0.3, 0.4) is 0 Å². The normalized spacial score (nSPS) is 19.3. The Morgan fingerprint density at radius 1 is 1.26 bits per heavy atom. The fourth-order valence-electron chi connectivity index (χ4n) is 3.40. The number of aryl methyl sites for hydroxylation is 1. The molecule has 1 saturated heterocycles. The van der Waals surface area contributed by atoms with Gasteiger partial charge in [0.1, 0.15) is 4.90 Å². The molecule has 0 radical (unpaired) electrons. The Labute approximate surface area is 157 Å². The van der Waals surface area contributed by atoms with Crippen molar-refractivity contribution in [2.75, 3.05) is 13.1 Å². The summed E-state index contributed by atoms with van der Waals surface area (Å²) in [6.07, 6.45) is 4.25. The van der Waals surface area contributed by atoms with Crippen molar-refractivity contribution in [3.8, 4) is 0 Å². The SMILES string of the molecule is Cn1cc(S(=O)(=O)N2CCCC(n3ccc(=O)[nH]c3=O)C2)c(C(C)(C)C)n1. The maximum atomic E-state index is 13.3. The van der Waals surface area contributed by atoms with Gasteiger partial charge in [-0.2, -0.15) is 9.40 Å². The lowest BCUT2D eigenvalue weighted by Gasteiger charge is -2.33. The third-order valence-electron chi connectivity index (χ3n) is 4.73. The van der Waals surface area contributed by atoms with Crippen LogP contribution < -0.4 is 11.2 Å². The van der Waals surface area contributed by atoms with Crippen molar-refractivity contribution in [3.63, 3.8) is 0 Å². The lowest BCUT2D eigenvalue weighted by Crippen LogP contribution is -2.44. The Balaban J connectivity index is 1.96. The van der Waals surface area contributed by atoms with Gasteiger partial charge in [-0.15, -0.1) is 0 Å². The molecular weight excluding hydrogens is 370 g/mol. The van der Waals surface area contributed by atoms with Crippen molar-refractivity contribution in [2.24, 2.45) is 7.05 Å². The van der Waals surface area contributed by atoms with Crippen LogP contribution >= 0.6 is 0 Å². The van der Waals surface area contributed by atoms with E-state index >= 15 is 0 Å². The van der Waals surface area contributed by atoms with Crippen molar-refractivity contribution in [1.29, 1.82) is 0 Å². The zero-order chi connectivity index (χ0) is 20.0. The topological polar surface area (TPSA) is 110 Å². The second kappa shape index (κ2) is 6.75. The summed E-state index contributed by atoms with van der Waals surface area (Å²) < 4.78 is 30.9. The number of aromatic nitrogens is 4. The van der Waals surface area contributed by atoms with Crippen molar-refractivity contribution >= 4 is 10.0 Å². The van der Waals surface area contributed by atoms with Gasteiger partial charge in [0.15, 0.2) is 0 Å². The van der Waals surface area contributed by atoms with Crippen LogP contribution in [0.1, 0.15) is 45.3 Å². The smallest absolute Gasteiger partial charge is 0.296 e. The molecule has 1 N–H and O–H groups in total. The number of piperidine rings is 1. The number of hydrogen-bond acceptors (Lipinski definition) is 5. The highest BCUT2D eigenvalue weighted by Crippen LogP contribution is 2.32. The number of nitrogens with zero attached hydrogens (tertiary/aromatic N) is 4. The standard InChI is InChI=1S/C17H25N5O4S/c1-17(2,3)15-13(11-20(4)19-15)27(25,26)21-8-5-6-12(10-21)22-9-7-14(23)18-16(22)24/h7,9,11-12H,5-6,8,10H2,1-4H3,(H,18,23,24). The van der Waals surface area contributed by atoms with Crippen molar-refractivity contribution in [2.45, 2.75) is 50.0 Å². The van der Waals surface area contributed by atoms with Gasteiger partial charge in [-0.3, -0.25) is 19.0 Å². The molecule has 0 saturated carbocycles. The van der Waals surface area contributed by atoms with Gasteiger partial charge < -0.3 is 0 Å². The first-order valence-electron chi connectivity index (χ1n) is 8.86. The molecule has 1 aliphatic heterocycles. The van der Waals surface area contributed by atoms with E-state index in [2.05, 4.69) is 10.1 Å². The van der Waals surface area contributed by atoms with Crippen molar-refractivity contribution in [1.82, 2.24) is 23.6 Å². The van der Waals surface area contributed by atoms with Gasteiger partial charge in [-0.1, -0.05) is 20.8 Å². The Morgan fingerprint density at radius 2 is 1.96 bits per heavy atom. The molecule has 0 spiro atoms. The first kappa shape index (κ1) is 19.6. The molecule has 3 heterocycles. The van der Waals surface area contributed by atoms with Crippen LogP contribution in [0.15, 0.2) is 32.9 Å².